The van der Waals surface area contributed by atoms with Crippen LogP contribution in [0.15, 0.2) is 0 Å². The molecular weight excluding hydrogens is 172 g/mol. The molecule has 72 valence electrons. The largest absolute Gasteiger partial charge is 0.396 e. The van der Waals surface area contributed by atoms with Crippen molar-refractivity contribution in [1.82, 2.24) is 0 Å². The maximum atomic E-state index is 8.63. The summed E-state index contributed by atoms with van der Waals surface area (Å²) in [6, 6.07) is 0. The van der Waals surface area contributed by atoms with E-state index in [0.717, 1.165) is 12.2 Å². The van der Waals surface area contributed by atoms with Crippen molar-refractivity contribution in [2.75, 3.05) is 12.4 Å². The highest BCUT2D eigenvalue weighted by Crippen LogP contribution is 2.16. The number of nitrogens with two attached hydrogens (primary N) is 1. The van der Waals surface area contributed by atoms with Crippen LogP contribution in [0.3, 0.4) is 0 Å². The summed E-state index contributed by atoms with van der Waals surface area (Å²) in [5.74, 6) is 1.27. The Bertz CT molecular complexity index is 141. The van der Waals surface area contributed by atoms with Gasteiger partial charge in [0, 0.05) is 23.5 Å². The smallest absolute Gasteiger partial charge is 0.0942 e. The molecule has 0 aliphatic carbocycles. The lowest BCUT2D eigenvalue weighted by Crippen LogP contribution is -2.22. The standard InChI is InChI=1S/C8H18N2OS/c1-6(8(9)10)5-12-7(2)3-4-11/h6-7,11H,3-5H2,1-2H3,(H3,9,10). The first-order valence-corrected chi connectivity index (χ1v) is 5.19. The predicted molar refractivity (Wildman–Crippen MR) is 54.7 cm³/mol. The normalized spacial score (nSPS) is 15.6. The monoisotopic (exact) mass is 190 g/mol. The molecule has 0 radical (unpaired) electrons. The predicted octanol–water partition coefficient (Wildman–Crippen LogP) is 1.06. The summed E-state index contributed by atoms with van der Waals surface area (Å²) in [4.78, 5) is 0. The molecule has 0 aliphatic rings. The molecule has 2 unspecified atom stereocenters. The quantitative estimate of drug-likeness (QED) is 0.433. The zero-order chi connectivity index (χ0) is 9.56. The van der Waals surface area contributed by atoms with Gasteiger partial charge in [-0.05, 0) is 6.42 Å². The third-order valence-electron chi connectivity index (χ3n) is 1.70. The molecule has 12 heavy (non-hydrogen) atoms. The lowest BCUT2D eigenvalue weighted by Gasteiger charge is -2.13. The van der Waals surface area contributed by atoms with E-state index in [-0.39, 0.29) is 18.4 Å². The summed E-state index contributed by atoms with van der Waals surface area (Å²) >= 11 is 1.76. The first kappa shape index (κ1) is 11.8. The van der Waals surface area contributed by atoms with Crippen molar-refractivity contribution in [2.24, 2.45) is 11.7 Å². The summed E-state index contributed by atoms with van der Waals surface area (Å²) in [6.45, 7) is 4.26. The molecule has 0 rings (SSSR count). The molecule has 0 aromatic carbocycles. The minimum absolute atomic E-state index is 0.149. The fourth-order valence-corrected chi connectivity index (χ4v) is 1.73. The molecule has 0 fully saturated rings. The van der Waals surface area contributed by atoms with Crippen LogP contribution in [0.5, 0.6) is 0 Å². The van der Waals surface area contributed by atoms with Crippen LogP contribution in [0.25, 0.3) is 0 Å². The van der Waals surface area contributed by atoms with Gasteiger partial charge in [0.15, 0.2) is 0 Å². The molecule has 0 saturated carbocycles. The zero-order valence-corrected chi connectivity index (χ0v) is 8.53. The molecule has 0 heterocycles. The Morgan fingerprint density at radius 2 is 2.17 bits per heavy atom. The molecule has 2 atom stereocenters. The summed E-state index contributed by atoms with van der Waals surface area (Å²) in [5.41, 5.74) is 5.32. The van der Waals surface area contributed by atoms with E-state index < -0.39 is 0 Å². The fourth-order valence-electron chi connectivity index (χ4n) is 0.664. The van der Waals surface area contributed by atoms with Crippen molar-refractivity contribution >= 4 is 17.6 Å². The number of aliphatic hydroxyl groups is 1. The second-order valence-corrected chi connectivity index (χ2v) is 4.48. The van der Waals surface area contributed by atoms with Crippen molar-refractivity contribution < 1.29 is 5.11 Å². The molecule has 0 saturated heterocycles. The van der Waals surface area contributed by atoms with E-state index in [0.29, 0.717) is 5.25 Å². The van der Waals surface area contributed by atoms with Crippen molar-refractivity contribution in [3.63, 3.8) is 0 Å². The Morgan fingerprint density at radius 1 is 1.58 bits per heavy atom. The highest BCUT2D eigenvalue weighted by atomic mass is 32.2. The maximum Gasteiger partial charge on any atom is 0.0942 e. The SMILES string of the molecule is CC(CCO)SCC(C)C(=N)N. The molecule has 0 bridgehead atoms. The third-order valence-corrected chi connectivity index (χ3v) is 3.19. The van der Waals surface area contributed by atoms with Gasteiger partial charge in [-0.1, -0.05) is 13.8 Å². The van der Waals surface area contributed by atoms with Gasteiger partial charge in [0.25, 0.3) is 0 Å². The third kappa shape index (κ3) is 5.43. The van der Waals surface area contributed by atoms with Gasteiger partial charge in [0.05, 0.1) is 5.84 Å². The van der Waals surface area contributed by atoms with E-state index >= 15 is 0 Å². The van der Waals surface area contributed by atoms with E-state index in [9.17, 15) is 0 Å². The van der Waals surface area contributed by atoms with Gasteiger partial charge in [-0.3, -0.25) is 5.41 Å². The number of hydrogen-bond donors (Lipinski definition) is 3. The van der Waals surface area contributed by atoms with E-state index in [1.54, 1.807) is 11.8 Å². The highest BCUT2D eigenvalue weighted by molar-refractivity contribution is 7.99. The van der Waals surface area contributed by atoms with Gasteiger partial charge >= 0.3 is 0 Å². The number of thioether (sulfide) groups is 1. The van der Waals surface area contributed by atoms with Crippen LogP contribution in [0.1, 0.15) is 20.3 Å². The van der Waals surface area contributed by atoms with Gasteiger partial charge in [0.1, 0.15) is 0 Å². The summed E-state index contributed by atoms with van der Waals surface area (Å²) in [5, 5.41) is 16.2. The van der Waals surface area contributed by atoms with E-state index in [1.807, 2.05) is 6.92 Å². The minimum atomic E-state index is 0.149. The number of aliphatic hydroxyl groups excluding tert-OH is 1. The second-order valence-electron chi connectivity index (χ2n) is 3.01. The van der Waals surface area contributed by atoms with Gasteiger partial charge in [-0.15, -0.1) is 0 Å². The van der Waals surface area contributed by atoms with Crippen LogP contribution in [0.4, 0.5) is 0 Å². The fraction of sp³-hybridized carbons (Fsp3) is 0.875. The van der Waals surface area contributed by atoms with Gasteiger partial charge < -0.3 is 10.8 Å². The van der Waals surface area contributed by atoms with Crippen LogP contribution < -0.4 is 5.73 Å². The Kier molecular flexibility index (Phi) is 6.20. The van der Waals surface area contributed by atoms with Crippen molar-refractivity contribution in [3.05, 3.63) is 0 Å². The maximum absolute atomic E-state index is 8.63. The van der Waals surface area contributed by atoms with E-state index in [1.165, 1.54) is 0 Å². The van der Waals surface area contributed by atoms with Crippen LogP contribution in [0, 0.1) is 11.3 Å². The van der Waals surface area contributed by atoms with Gasteiger partial charge in [-0.25, -0.2) is 0 Å². The Morgan fingerprint density at radius 3 is 2.58 bits per heavy atom. The highest BCUT2D eigenvalue weighted by Gasteiger charge is 2.08. The topological polar surface area (TPSA) is 70.1 Å². The summed E-state index contributed by atoms with van der Waals surface area (Å²) in [7, 11) is 0. The first-order chi connectivity index (χ1) is 5.57. The van der Waals surface area contributed by atoms with Gasteiger partial charge in [-0.2, -0.15) is 11.8 Å². The average Bonchev–Trinajstić information content (AvgIpc) is 2.00. The molecule has 0 spiro atoms. The molecule has 0 amide bonds. The number of amidine groups is 1. The molecule has 3 nitrogen and oxygen atoms in total. The molecule has 0 aliphatic heterocycles. The first-order valence-electron chi connectivity index (χ1n) is 4.14. The Labute approximate surface area is 78.2 Å². The summed E-state index contributed by atoms with van der Waals surface area (Å²) in [6.07, 6.45) is 0.815. The van der Waals surface area contributed by atoms with E-state index in [2.05, 4.69) is 6.92 Å². The van der Waals surface area contributed by atoms with Crippen LogP contribution >= 0.6 is 11.8 Å². The van der Waals surface area contributed by atoms with Gasteiger partial charge in [0.2, 0.25) is 0 Å². The Hall–Kier alpha value is -0.220. The molecule has 4 N–H and O–H groups in total. The van der Waals surface area contributed by atoms with Crippen LogP contribution in [-0.4, -0.2) is 28.6 Å². The van der Waals surface area contributed by atoms with Crippen LogP contribution in [0.2, 0.25) is 0 Å². The van der Waals surface area contributed by atoms with Crippen molar-refractivity contribution in [3.8, 4) is 0 Å². The van der Waals surface area contributed by atoms with Crippen molar-refractivity contribution in [1.29, 1.82) is 5.41 Å². The molecule has 4 heteroatoms. The molecule has 0 aromatic heterocycles. The number of hydrogen-bond acceptors (Lipinski definition) is 3. The zero-order valence-electron chi connectivity index (χ0n) is 7.71. The van der Waals surface area contributed by atoms with Crippen LogP contribution in [-0.2, 0) is 0 Å². The average molecular weight is 190 g/mol. The van der Waals surface area contributed by atoms with E-state index in [4.69, 9.17) is 16.2 Å². The Balaban J connectivity index is 3.46. The summed E-state index contributed by atoms with van der Waals surface area (Å²) < 4.78 is 0. The molecular formula is C8H18N2OS. The second kappa shape index (κ2) is 6.31. The minimum Gasteiger partial charge on any atom is -0.396 e. The lowest BCUT2D eigenvalue weighted by atomic mass is 10.2. The lowest BCUT2D eigenvalue weighted by molar-refractivity contribution is 0.289. The molecule has 0 aromatic rings. The van der Waals surface area contributed by atoms with Crippen molar-refractivity contribution in [2.45, 2.75) is 25.5 Å². The number of nitrogens with one attached hydrogen (secondary N) is 1. The number of rotatable bonds is 6.